The SMILES string of the molecule is CS(=O)(=O)CCSCC1CCNCC1. The highest BCUT2D eigenvalue weighted by molar-refractivity contribution is 8.00. The van der Waals surface area contributed by atoms with E-state index in [1.807, 2.05) is 0 Å². The van der Waals surface area contributed by atoms with E-state index in [2.05, 4.69) is 5.32 Å². The fourth-order valence-corrected chi connectivity index (χ4v) is 4.02. The summed E-state index contributed by atoms with van der Waals surface area (Å²) in [5, 5.41) is 3.32. The summed E-state index contributed by atoms with van der Waals surface area (Å²) in [5.41, 5.74) is 0. The molecular formula is C9H19NO2S2. The molecule has 0 atom stereocenters. The molecule has 1 aliphatic rings. The average Bonchev–Trinajstić information content (AvgIpc) is 2.13. The zero-order valence-corrected chi connectivity index (χ0v) is 10.3. The molecule has 0 aromatic carbocycles. The molecule has 14 heavy (non-hydrogen) atoms. The van der Waals surface area contributed by atoms with Crippen LogP contribution in [0.2, 0.25) is 0 Å². The fourth-order valence-electron chi connectivity index (χ4n) is 1.51. The lowest BCUT2D eigenvalue weighted by molar-refractivity contribution is 0.408. The van der Waals surface area contributed by atoms with E-state index in [1.54, 1.807) is 11.8 Å². The van der Waals surface area contributed by atoms with E-state index in [0.29, 0.717) is 5.75 Å². The Morgan fingerprint density at radius 1 is 1.36 bits per heavy atom. The summed E-state index contributed by atoms with van der Waals surface area (Å²) in [7, 11) is -2.76. The summed E-state index contributed by atoms with van der Waals surface area (Å²) in [5.74, 6) is 2.99. The second-order valence-corrected chi connectivity index (χ2v) is 7.31. The van der Waals surface area contributed by atoms with Crippen molar-refractivity contribution in [2.24, 2.45) is 5.92 Å². The zero-order valence-electron chi connectivity index (χ0n) is 8.66. The third-order valence-corrected chi connectivity index (χ3v) is 4.81. The maximum Gasteiger partial charge on any atom is 0.148 e. The number of rotatable bonds is 5. The molecule has 1 fully saturated rings. The lowest BCUT2D eigenvalue weighted by atomic mass is 10.0. The predicted molar refractivity (Wildman–Crippen MR) is 62.6 cm³/mol. The normalized spacial score (nSPS) is 19.8. The van der Waals surface area contributed by atoms with Gasteiger partial charge < -0.3 is 5.32 Å². The first-order chi connectivity index (χ1) is 6.58. The predicted octanol–water partition coefficient (Wildman–Crippen LogP) is 0.764. The van der Waals surface area contributed by atoms with Gasteiger partial charge in [0.15, 0.2) is 0 Å². The minimum Gasteiger partial charge on any atom is -0.317 e. The largest absolute Gasteiger partial charge is 0.317 e. The van der Waals surface area contributed by atoms with Gasteiger partial charge in [-0.3, -0.25) is 0 Å². The Labute approximate surface area is 91.0 Å². The van der Waals surface area contributed by atoms with Gasteiger partial charge in [0, 0.05) is 12.0 Å². The lowest BCUT2D eigenvalue weighted by Crippen LogP contribution is -2.28. The van der Waals surface area contributed by atoms with Crippen molar-refractivity contribution in [2.45, 2.75) is 12.8 Å². The van der Waals surface area contributed by atoms with Crippen molar-refractivity contribution in [1.82, 2.24) is 5.32 Å². The Balaban J connectivity index is 2.03. The molecule has 0 radical (unpaired) electrons. The summed E-state index contributed by atoms with van der Waals surface area (Å²) in [6, 6.07) is 0. The van der Waals surface area contributed by atoms with Crippen LogP contribution in [0.3, 0.4) is 0 Å². The van der Waals surface area contributed by atoms with Crippen molar-refractivity contribution in [2.75, 3.05) is 36.6 Å². The molecule has 0 aliphatic carbocycles. The molecule has 0 unspecified atom stereocenters. The molecule has 1 rings (SSSR count). The Morgan fingerprint density at radius 3 is 2.57 bits per heavy atom. The molecule has 1 N–H and O–H groups in total. The van der Waals surface area contributed by atoms with Gasteiger partial charge >= 0.3 is 0 Å². The van der Waals surface area contributed by atoms with Gasteiger partial charge in [-0.2, -0.15) is 11.8 Å². The second kappa shape index (κ2) is 5.98. The van der Waals surface area contributed by atoms with Crippen molar-refractivity contribution in [3.8, 4) is 0 Å². The van der Waals surface area contributed by atoms with Crippen LogP contribution in [0, 0.1) is 5.92 Å². The Kier molecular flexibility index (Phi) is 5.26. The van der Waals surface area contributed by atoms with Crippen molar-refractivity contribution in [3.63, 3.8) is 0 Å². The first-order valence-electron chi connectivity index (χ1n) is 5.04. The van der Waals surface area contributed by atoms with E-state index >= 15 is 0 Å². The average molecular weight is 237 g/mol. The van der Waals surface area contributed by atoms with Crippen LogP contribution in [-0.4, -0.2) is 45.0 Å². The summed E-state index contributed by atoms with van der Waals surface area (Å²) < 4.78 is 21.7. The molecule has 5 heteroatoms. The van der Waals surface area contributed by atoms with E-state index in [0.717, 1.165) is 30.5 Å². The highest BCUT2D eigenvalue weighted by Crippen LogP contribution is 2.17. The smallest absolute Gasteiger partial charge is 0.148 e. The van der Waals surface area contributed by atoms with Crippen molar-refractivity contribution in [3.05, 3.63) is 0 Å². The fraction of sp³-hybridized carbons (Fsp3) is 1.00. The topological polar surface area (TPSA) is 46.2 Å². The molecule has 1 heterocycles. The molecule has 1 saturated heterocycles. The van der Waals surface area contributed by atoms with Crippen LogP contribution in [0.25, 0.3) is 0 Å². The number of sulfone groups is 1. The van der Waals surface area contributed by atoms with Crippen LogP contribution in [0.1, 0.15) is 12.8 Å². The van der Waals surface area contributed by atoms with Crippen LogP contribution in [-0.2, 0) is 9.84 Å². The van der Waals surface area contributed by atoms with E-state index in [-0.39, 0.29) is 0 Å². The Morgan fingerprint density at radius 2 is 2.00 bits per heavy atom. The first kappa shape index (κ1) is 12.3. The number of nitrogens with one attached hydrogen (secondary N) is 1. The maximum absolute atomic E-state index is 10.9. The third kappa shape index (κ3) is 5.88. The molecule has 0 spiro atoms. The van der Waals surface area contributed by atoms with Gasteiger partial charge in [-0.05, 0) is 37.6 Å². The quantitative estimate of drug-likeness (QED) is 0.717. The molecule has 3 nitrogen and oxygen atoms in total. The van der Waals surface area contributed by atoms with Crippen molar-refractivity contribution in [1.29, 1.82) is 0 Å². The minimum atomic E-state index is -2.76. The van der Waals surface area contributed by atoms with E-state index in [1.165, 1.54) is 19.1 Å². The Bertz CT molecular complexity index is 246. The van der Waals surface area contributed by atoms with Crippen LogP contribution in [0.5, 0.6) is 0 Å². The number of piperidine rings is 1. The molecule has 0 amide bonds. The van der Waals surface area contributed by atoms with E-state index in [4.69, 9.17) is 0 Å². The van der Waals surface area contributed by atoms with Gasteiger partial charge in [0.25, 0.3) is 0 Å². The number of hydrogen-bond acceptors (Lipinski definition) is 4. The van der Waals surface area contributed by atoms with Gasteiger partial charge in [-0.15, -0.1) is 0 Å². The molecule has 84 valence electrons. The molecule has 0 saturated carbocycles. The van der Waals surface area contributed by atoms with Gasteiger partial charge in [0.1, 0.15) is 9.84 Å². The van der Waals surface area contributed by atoms with E-state index < -0.39 is 9.84 Å². The minimum absolute atomic E-state index is 0.322. The monoisotopic (exact) mass is 237 g/mol. The molecule has 1 aliphatic heterocycles. The molecular weight excluding hydrogens is 218 g/mol. The van der Waals surface area contributed by atoms with Crippen LogP contribution in [0.15, 0.2) is 0 Å². The molecule has 0 aromatic heterocycles. The van der Waals surface area contributed by atoms with Gasteiger partial charge in [-0.25, -0.2) is 8.42 Å². The summed E-state index contributed by atoms with van der Waals surface area (Å²) >= 11 is 1.78. The van der Waals surface area contributed by atoms with Crippen LogP contribution in [0.4, 0.5) is 0 Å². The highest BCUT2D eigenvalue weighted by Gasteiger charge is 2.12. The van der Waals surface area contributed by atoms with Crippen LogP contribution >= 0.6 is 11.8 Å². The standard InChI is InChI=1S/C9H19NO2S2/c1-14(11,12)7-6-13-8-9-2-4-10-5-3-9/h9-10H,2-8H2,1H3. The third-order valence-electron chi connectivity index (χ3n) is 2.41. The number of hydrogen-bond donors (Lipinski definition) is 1. The summed E-state index contributed by atoms with van der Waals surface area (Å²) in [4.78, 5) is 0. The van der Waals surface area contributed by atoms with Gasteiger partial charge in [-0.1, -0.05) is 0 Å². The van der Waals surface area contributed by atoms with Crippen molar-refractivity contribution >= 4 is 21.6 Å². The van der Waals surface area contributed by atoms with E-state index in [9.17, 15) is 8.42 Å². The number of thioether (sulfide) groups is 1. The van der Waals surface area contributed by atoms with Gasteiger partial charge in [0.05, 0.1) is 5.75 Å². The summed E-state index contributed by atoms with van der Waals surface area (Å²) in [6.07, 6.45) is 3.79. The maximum atomic E-state index is 10.9. The van der Waals surface area contributed by atoms with Crippen LogP contribution < -0.4 is 5.32 Å². The lowest BCUT2D eigenvalue weighted by Gasteiger charge is -2.21. The second-order valence-electron chi connectivity index (χ2n) is 3.90. The Hall–Kier alpha value is 0.260. The molecule has 0 bridgehead atoms. The zero-order chi connectivity index (χ0) is 10.4. The van der Waals surface area contributed by atoms with Crippen molar-refractivity contribution < 1.29 is 8.42 Å². The highest BCUT2D eigenvalue weighted by atomic mass is 32.2. The van der Waals surface area contributed by atoms with Gasteiger partial charge in [0.2, 0.25) is 0 Å². The first-order valence-corrected chi connectivity index (χ1v) is 8.25. The molecule has 0 aromatic rings. The summed E-state index contributed by atoms with van der Waals surface area (Å²) in [6.45, 7) is 2.24.